The van der Waals surface area contributed by atoms with E-state index in [0.717, 1.165) is 18.1 Å². The maximum atomic E-state index is 13.0. The molecule has 1 saturated carbocycles. The van der Waals surface area contributed by atoms with Crippen LogP contribution in [0.15, 0.2) is 18.3 Å². The Balaban J connectivity index is 1.35. The number of allylic oxidation sites excluding steroid dienone is 1. The molecule has 1 amide bonds. The number of nitrogens with one attached hydrogen (secondary N) is 2. The van der Waals surface area contributed by atoms with Crippen LogP contribution in [-0.4, -0.2) is 75.2 Å². The van der Waals surface area contributed by atoms with Crippen molar-refractivity contribution in [3.8, 4) is 10.7 Å². The summed E-state index contributed by atoms with van der Waals surface area (Å²) in [6.07, 6.45) is 7.25. The van der Waals surface area contributed by atoms with Gasteiger partial charge in [0.25, 0.3) is 0 Å². The number of fused-ring (bicyclic) bond motifs is 3. The summed E-state index contributed by atoms with van der Waals surface area (Å²) in [6, 6.07) is -0.0802. The van der Waals surface area contributed by atoms with Gasteiger partial charge in [0.15, 0.2) is 21.8 Å². The van der Waals surface area contributed by atoms with E-state index in [4.69, 9.17) is 28.2 Å². The number of thiazole rings is 1. The molecule has 4 heterocycles. The number of carbonyl (C=O) groups is 1. The number of hydrogen-bond acceptors (Lipinski definition) is 8. The van der Waals surface area contributed by atoms with Crippen LogP contribution in [0.3, 0.4) is 0 Å². The maximum Gasteiger partial charge on any atom is 0.227 e. The Kier molecular flexibility index (Phi) is 5.67. The predicted molar refractivity (Wildman–Crippen MR) is 138 cm³/mol. The molecule has 3 N–H and O–H groups in total. The van der Waals surface area contributed by atoms with Gasteiger partial charge in [-0.05, 0) is 24.7 Å². The van der Waals surface area contributed by atoms with Crippen LogP contribution >= 0.6 is 34.5 Å². The predicted octanol–water partition coefficient (Wildman–Crippen LogP) is 3.65. The van der Waals surface area contributed by atoms with Crippen molar-refractivity contribution in [3.63, 3.8) is 0 Å². The molecule has 6 rings (SSSR count). The topological polar surface area (TPSA) is 110 Å². The molecule has 0 spiro atoms. The second-order valence-electron chi connectivity index (χ2n) is 9.65. The number of hydrogen-bond donors (Lipinski definition) is 3. The fraction of sp³-hybridized carbons (Fsp3) is 0.478. The van der Waals surface area contributed by atoms with E-state index in [1.165, 1.54) is 11.3 Å². The van der Waals surface area contributed by atoms with Gasteiger partial charge in [0.2, 0.25) is 5.91 Å². The lowest BCUT2D eigenvalue weighted by atomic mass is 9.87. The SMILES string of the molecule is CN(C)C(=O)[C@@H]1[C@H](Nc2c(Cl)cnc3[nH]c(-c4sc(N5CC[C@@H](O)C5)nc4Cl)nc23)[C@H]2C=C[C@@H]1C2. The molecule has 184 valence electrons. The first-order chi connectivity index (χ1) is 16.8. The molecule has 2 fully saturated rings. The third-order valence-electron chi connectivity index (χ3n) is 7.19. The molecule has 2 aliphatic carbocycles. The fourth-order valence-corrected chi connectivity index (χ4v) is 6.95. The summed E-state index contributed by atoms with van der Waals surface area (Å²) in [6.45, 7) is 1.28. The fourth-order valence-electron chi connectivity index (χ4n) is 5.48. The Bertz CT molecular complexity index is 1340. The quantitative estimate of drug-likeness (QED) is 0.429. The van der Waals surface area contributed by atoms with Gasteiger partial charge in [0.05, 0.1) is 28.9 Å². The summed E-state index contributed by atoms with van der Waals surface area (Å²) >= 11 is 14.5. The van der Waals surface area contributed by atoms with Crippen molar-refractivity contribution in [1.29, 1.82) is 0 Å². The first-order valence-electron chi connectivity index (χ1n) is 11.6. The van der Waals surface area contributed by atoms with Crippen molar-refractivity contribution in [1.82, 2.24) is 24.8 Å². The van der Waals surface area contributed by atoms with Crippen molar-refractivity contribution in [2.45, 2.75) is 25.0 Å². The summed E-state index contributed by atoms with van der Waals surface area (Å²) in [5, 5.41) is 15.0. The van der Waals surface area contributed by atoms with E-state index in [9.17, 15) is 9.90 Å². The number of aromatic amines is 1. The molecule has 1 saturated heterocycles. The molecule has 0 aromatic carbocycles. The Morgan fingerprint density at radius 2 is 2.09 bits per heavy atom. The molecule has 0 unspecified atom stereocenters. The average molecular weight is 534 g/mol. The van der Waals surface area contributed by atoms with Crippen molar-refractivity contribution in [2.75, 3.05) is 37.4 Å². The van der Waals surface area contributed by atoms with E-state index in [1.807, 2.05) is 4.90 Å². The summed E-state index contributed by atoms with van der Waals surface area (Å²) in [5.41, 5.74) is 1.83. The minimum Gasteiger partial charge on any atom is -0.391 e. The minimum absolute atomic E-state index is 0.0802. The van der Waals surface area contributed by atoms with Crippen LogP contribution in [0.4, 0.5) is 10.8 Å². The summed E-state index contributed by atoms with van der Waals surface area (Å²) < 4.78 is 0. The van der Waals surface area contributed by atoms with Crippen LogP contribution in [0.1, 0.15) is 12.8 Å². The van der Waals surface area contributed by atoms with Gasteiger partial charge in [-0.15, -0.1) is 0 Å². The number of H-pyrrole nitrogens is 1. The number of β-amino-alcohol motifs (C(OH)–C–C–N with tert-alkyl or cyclic N) is 1. The highest BCUT2D eigenvalue weighted by Gasteiger charge is 2.49. The third-order valence-corrected chi connectivity index (χ3v) is 8.98. The molecule has 2 bridgehead atoms. The summed E-state index contributed by atoms with van der Waals surface area (Å²) in [7, 11) is 3.59. The van der Waals surface area contributed by atoms with Crippen LogP contribution in [0.2, 0.25) is 10.2 Å². The van der Waals surface area contributed by atoms with Gasteiger partial charge in [-0.3, -0.25) is 4.79 Å². The van der Waals surface area contributed by atoms with Crippen LogP contribution in [0, 0.1) is 17.8 Å². The minimum atomic E-state index is -0.351. The monoisotopic (exact) mass is 533 g/mol. The van der Waals surface area contributed by atoms with Crippen molar-refractivity contribution in [3.05, 3.63) is 28.5 Å². The lowest BCUT2D eigenvalue weighted by molar-refractivity contribution is -0.133. The van der Waals surface area contributed by atoms with Gasteiger partial charge in [-0.2, -0.15) is 0 Å². The zero-order valence-corrected chi connectivity index (χ0v) is 21.5. The number of pyridine rings is 1. The number of halogens is 2. The molecule has 5 atom stereocenters. The largest absolute Gasteiger partial charge is 0.391 e. The number of aliphatic hydroxyl groups excluding tert-OH is 1. The van der Waals surface area contributed by atoms with Gasteiger partial charge in [-0.1, -0.05) is 46.7 Å². The van der Waals surface area contributed by atoms with Crippen LogP contribution in [0.25, 0.3) is 21.9 Å². The highest BCUT2D eigenvalue weighted by molar-refractivity contribution is 7.19. The van der Waals surface area contributed by atoms with Crippen molar-refractivity contribution in [2.24, 2.45) is 17.8 Å². The lowest BCUT2D eigenvalue weighted by Crippen LogP contribution is -2.43. The van der Waals surface area contributed by atoms with Crippen molar-refractivity contribution < 1.29 is 9.90 Å². The standard InChI is InChI=1S/C23H25Cl2N7O2S/c1-31(2)22(34)14-10-3-4-11(7-10)15(14)27-16-13(24)8-26-20-17(16)28-21(30-20)18-19(25)29-23(35-18)32-6-5-12(33)9-32/h3-4,8,10-12,14-15,33H,5-7,9H2,1-2H3,(H2,26,27,28,30)/t10-,11+,12-,14+,15-/m1/s1. The van der Waals surface area contributed by atoms with Crippen LogP contribution in [-0.2, 0) is 4.79 Å². The molecule has 3 aromatic rings. The molecule has 1 aliphatic heterocycles. The lowest BCUT2D eigenvalue weighted by Gasteiger charge is -2.31. The second kappa shape index (κ2) is 8.62. The Labute approximate surface area is 216 Å². The first-order valence-corrected chi connectivity index (χ1v) is 13.2. The zero-order valence-electron chi connectivity index (χ0n) is 19.2. The van der Waals surface area contributed by atoms with E-state index < -0.39 is 0 Å². The number of imidazole rings is 1. The Hall–Kier alpha value is -2.40. The summed E-state index contributed by atoms with van der Waals surface area (Å²) in [5.74, 6) is 0.976. The molecule has 3 aliphatic rings. The molecule has 35 heavy (non-hydrogen) atoms. The number of aliphatic hydroxyl groups is 1. The van der Waals surface area contributed by atoms with Gasteiger partial charge >= 0.3 is 0 Å². The molecular weight excluding hydrogens is 509 g/mol. The molecule has 12 heteroatoms. The van der Waals surface area contributed by atoms with E-state index in [1.54, 1.807) is 25.2 Å². The van der Waals surface area contributed by atoms with Crippen LogP contribution in [0.5, 0.6) is 0 Å². The maximum absolute atomic E-state index is 13.0. The Morgan fingerprint density at radius 1 is 1.29 bits per heavy atom. The number of nitrogens with zero attached hydrogens (tertiary/aromatic N) is 5. The van der Waals surface area contributed by atoms with Gasteiger partial charge < -0.3 is 25.2 Å². The first kappa shape index (κ1) is 23.0. The number of aromatic nitrogens is 4. The van der Waals surface area contributed by atoms with E-state index >= 15 is 0 Å². The number of anilines is 2. The average Bonchev–Trinajstić information content (AvgIpc) is 3.63. The normalized spacial score (nSPS) is 27.3. The smallest absolute Gasteiger partial charge is 0.227 e. The molecule has 9 nitrogen and oxygen atoms in total. The van der Waals surface area contributed by atoms with Crippen molar-refractivity contribution >= 4 is 62.4 Å². The molecular formula is C23H25Cl2N7O2S. The Morgan fingerprint density at radius 3 is 2.83 bits per heavy atom. The van der Waals surface area contributed by atoms with E-state index in [0.29, 0.717) is 50.7 Å². The highest BCUT2D eigenvalue weighted by atomic mass is 35.5. The summed E-state index contributed by atoms with van der Waals surface area (Å²) in [4.78, 5) is 34.4. The number of amides is 1. The van der Waals surface area contributed by atoms with Gasteiger partial charge in [0.1, 0.15) is 10.4 Å². The van der Waals surface area contributed by atoms with E-state index in [2.05, 4.69) is 32.4 Å². The van der Waals surface area contributed by atoms with Crippen LogP contribution < -0.4 is 10.2 Å². The molecule has 0 radical (unpaired) electrons. The zero-order chi connectivity index (χ0) is 24.4. The third kappa shape index (κ3) is 3.87. The molecule has 3 aromatic heterocycles. The number of rotatable bonds is 5. The number of carbonyl (C=O) groups excluding carboxylic acids is 1. The van der Waals surface area contributed by atoms with Gasteiger partial charge in [-0.25, -0.2) is 15.0 Å². The second-order valence-corrected chi connectivity index (χ2v) is 11.4. The van der Waals surface area contributed by atoms with E-state index in [-0.39, 0.29) is 35.8 Å². The van der Waals surface area contributed by atoms with Gasteiger partial charge in [0, 0.05) is 33.2 Å². The highest BCUT2D eigenvalue weighted by Crippen LogP contribution is 2.47.